The lowest BCUT2D eigenvalue weighted by Crippen LogP contribution is -2.39. The summed E-state index contributed by atoms with van der Waals surface area (Å²) in [6, 6.07) is 7.56. The Bertz CT molecular complexity index is 1190. The van der Waals surface area contributed by atoms with Crippen molar-refractivity contribution in [3.05, 3.63) is 52.8 Å². The van der Waals surface area contributed by atoms with Crippen molar-refractivity contribution in [3.8, 4) is 5.82 Å². The van der Waals surface area contributed by atoms with E-state index in [4.69, 9.17) is 11.6 Å². The van der Waals surface area contributed by atoms with Gasteiger partial charge in [0.15, 0.2) is 0 Å². The van der Waals surface area contributed by atoms with Crippen molar-refractivity contribution in [2.75, 3.05) is 6.54 Å². The van der Waals surface area contributed by atoms with E-state index in [9.17, 15) is 13.2 Å². The van der Waals surface area contributed by atoms with Gasteiger partial charge in [-0.05, 0) is 37.6 Å². The van der Waals surface area contributed by atoms with Gasteiger partial charge in [-0.3, -0.25) is 9.48 Å². The fourth-order valence-electron chi connectivity index (χ4n) is 3.03. The number of benzene rings is 1. The Labute approximate surface area is 174 Å². The van der Waals surface area contributed by atoms with Gasteiger partial charge in [0.25, 0.3) is 5.91 Å². The number of aryl methyl sites for hydroxylation is 2. The lowest BCUT2D eigenvalue weighted by atomic mass is 10.2. The van der Waals surface area contributed by atoms with E-state index in [1.165, 1.54) is 6.08 Å². The zero-order valence-electron chi connectivity index (χ0n) is 16.3. The van der Waals surface area contributed by atoms with Crippen molar-refractivity contribution in [2.24, 2.45) is 7.05 Å². The minimum atomic E-state index is -3.88. The number of hydrogen-bond donors (Lipinski definition) is 2. The number of fused-ring (bicyclic) bond motifs is 1. The number of hydrogen-bond acceptors (Lipinski definition) is 4. The second-order valence-corrected chi connectivity index (χ2v) is 8.47. The van der Waals surface area contributed by atoms with Gasteiger partial charge in [0.2, 0.25) is 0 Å². The molecule has 0 aliphatic carbocycles. The van der Waals surface area contributed by atoms with Gasteiger partial charge in [-0.25, -0.2) is 4.72 Å². The van der Waals surface area contributed by atoms with Crippen molar-refractivity contribution in [1.29, 1.82) is 0 Å². The lowest BCUT2D eigenvalue weighted by molar-refractivity contribution is -0.114. The molecule has 29 heavy (non-hydrogen) atoms. The van der Waals surface area contributed by atoms with Crippen molar-refractivity contribution < 1.29 is 13.2 Å². The van der Waals surface area contributed by atoms with E-state index in [0.717, 1.165) is 16.7 Å². The third kappa shape index (κ3) is 4.69. The van der Waals surface area contributed by atoms with Crippen LogP contribution in [0.5, 0.6) is 0 Å². The SMILES string of the molecule is CCCNS(=O)(=O)NC(=O)/C=C/c1c(C)nn(C)c1-n1ccc2ccc(Cl)cc21. The van der Waals surface area contributed by atoms with Crippen LogP contribution in [0, 0.1) is 6.92 Å². The molecule has 3 aromatic rings. The summed E-state index contributed by atoms with van der Waals surface area (Å²) in [5, 5.41) is 6.06. The number of carbonyl (C=O) groups excluding carboxylic acids is 1. The molecule has 0 bridgehead atoms. The molecule has 2 N–H and O–H groups in total. The maximum Gasteiger partial charge on any atom is 0.301 e. The van der Waals surface area contributed by atoms with Crippen molar-refractivity contribution in [2.45, 2.75) is 20.3 Å². The van der Waals surface area contributed by atoms with Gasteiger partial charge >= 0.3 is 10.2 Å². The van der Waals surface area contributed by atoms with Gasteiger partial charge in [0.05, 0.1) is 11.2 Å². The Kier molecular flexibility index (Phi) is 6.11. The quantitative estimate of drug-likeness (QED) is 0.557. The predicted molar refractivity (Wildman–Crippen MR) is 114 cm³/mol. The minimum Gasteiger partial charge on any atom is -0.301 e. The van der Waals surface area contributed by atoms with E-state index in [0.29, 0.717) is 22.7 Å². The van der Waals surface area contributed by atoms with Crippen LogP contribution >= 0.6 is 11.6 Å². The average molecular weight is 436 g/mol. The molecule has 0 radical (unpaired) electrons. The van der Waals surface area contributed by atoms with Crippen LogP contribution in [0.4, 0.5) is 0 Å². The summed E-state index contributed by atoms with van der Waals surface area (Å²) >= 11 is 6.15. The molecule has 0 saturated heterocycles. The highest BCUT2D eigenvalue weighted by molar-refractivity contribution is 7.88. The maximum absolute atomic E-state index is 12.1. The summed E-state index contributed by atoms with van der Waals surface area (Å²) in [6.07, 6.45) is 5.25. The molecule has 154 valence electrons. The zero-order chi connectivity index (χ0) is 21.2. The first-order chi connectivity index (χ1) is 13.7. The predicted octanol–water partition coefficient (Wildman–Crippen LogP) is 2.70. The molecule has 2 heterocycles. The molecule has 0 spiro atoms. The van der Waals surface area contributed by atoms with Gasteiger partial charge < -0.3 is 4.57 Å². The first-order valence-corrected chi connectivity index (χ1v) is 10.9. The van der Waals surface area contributed by atoms with Crippen molar-refractivity contribution >= 4 is 44.7 Å². The number of aromatic nitrogens is 3. The smallest absolute Gasteiger partial charge is 0.301 e. The van der Waals surface area contributed by atoms with E-state index in [1.54, 1.807) is 17.8 Å². The summed E-state index contributed by atoms with van der Waals surface area (Å²) in [5.74, 6) is -0.0148. The van der Waals surface area contributed by atoms with Gasteiger partial charge in [-0.15, -0.1) is 0 Å². The molecule has 2 aromatic heterocycles. The molecule has 10 heteroatoms. The normalized spacial score (nSPS) is 12.1. The minimum absolute atomic E-state index is 0.251. The molecule has 0 aliphatic heterocycles. The highest BCUT2D eigenvalue weighted by Crippen LogP contribution is 2.27. The number of nitrogens with zero attached hydrogens (tertiary/aromatic N) is 3. The molecule has 1 amide bonds. The molecule has 0 aliphatic rings. The molecule has 0 saturated carbocycles. The summed E-state index contributed by atoms with van der Waals surface area (Å²) < 4.78 is 31.5. The Morgan fingerprint density at radius 3 is 2.79 bits per heavy atom. The van der Waals surface area contributed by atoms with Crippen molar-refractivity contribution in [1.82, 2.24) is 23.8 Å². The van der Waals surface area contributed by atoms with Gasteiger partial charge in [0.1, 0.15) is 5.82 Å². The monoisotopic (exact) mass is 435 g/mol. The highest BCUT2D eigenvalue weighted by atomic mass is 35.5. The van der Waals surface area contributed by atoms with E-state index in [1.807, 2.05) is 53.6 Å². The molecular formula is C19H22ClN5O3S. The molecule has 0 fully saturated rings. The third-order valence-corrected chi connectivity index (χ3v) is 5.59. The maximum atomic E-state index is 12.1. The Morgan fingerprint density at radius 1 is 1.31 bits per heavy atom. The number of carbonyl (C=O) groups is 1. The van der Waals surface area contributed by atoms with E-state index >= 15 is 0 Å². The van der Waals surface area contributed by atoms with E-state index < -0.39 is 16.1 Å². The lowest BCUT2D eigenvalue weighted by Gasteiger charge is -2.08. The van der Waals surface area contributed by atoms with Crippen LogP contribution in [0.1, 0.15) is 24.6 Å². The molecule has 0 unspecified atom stereocenters. The van der Waals surface area contributed by atoms with Gasteiger partial charge in [0, 0.05) is 41.8 Å². The van der Waals surface area contributed by atoms with Gasteiger partial charge in [-0.1, -0.05) is 24.6 Å². The Hall–Kier alpha value is -2.62. The van der Waals surface area contributed by atoms with Crippen LogP contribution in [0.3, 0.4) is 0 Å². The average Bonchev–Trinajstić information content (AvgIpc) is 3.17. The third-order valence-electron chi connectivity index (χ3n) is 4.30. The summed E-state index contributed by atoms with van der Waals surface area (Å²) in [4.78, 5) is 12.1. The highest BCUT2D eigenvalue weighted by Gasteiger charge is 2.16. The molecular weight excluding hydrogens is 414 g/mol. The van der Waals surface area contributed by atoms with Crippen LogP contribution in [-0.2, 0) is 22.1 Å². The zero-order valence-corrected chi connectivity index (χ0v) is 17.9. The van der Waals surface area contributed by atoms with Crippen LogP contribution < -0.4 is 9.44 Å². The molecule has 0 atom stereocenters. The summed E-state index contributed by atoms with van der Waals surface area (Å²) in [7, 11) is -2.08. The van der Waals surface area contributed by atoms with E-state index in [2.05, 4.69) is 9.82 Å². The summed E-state index contributed by atoms with van der Waals surface area (Å²) in [5.41, 5.74) is 2.28. The standard InChI is InChI=1S/C19H22ClN5O3S/c1-4-10-21-29(27,28)23-18(26)8-7-16-13(2)22-24(3)19(16)25-11-9-14-5-6-15(20)12-17(14)25/h5-9,11-12,21H,4,10H2,1-3H3,(H,23,26)/b8-7+. The summed E-state index contributed by atoms with van der Waals surface area (Å²) in [6.45, 7) is 3.90. The molecule has 3 rings (SSSR count). The second kappa shape index (κ2) is 8.40. The first-order valence-electron chi connectivity index (χ1n) is 9.02. The van der Waals surface area contributed by atoms with Crippen LogP contribution in [0.25, 0.3) is 22.8 Å². The number of nitrogens with one attached hydrogen (secondary N) is 2. The van der Waals surface area contributed by atoms with Gasteiger partial charge in [-0.2, -0.15) is 18.2 Å². The number of rotatable bonds is 7. The Morgan fingerprint density at radius 2 is 2.07 bits per heavy atom. The van der Waals surface area contributed by atoms with Crippen LogP contribution in [0.2, 0.25) is 5.02 Å². The number of amides is 1. The molecule has 8 nitrogen and oxygen atoms in total. The second-order valence-electron chi connectivity index (χ2n) is 6.53. The topological polar surface area (TPSA) is 98.0 Å². The molecule has 1 aromatic carbocycles. The fraction of sp³-hybridized carbons (Fsp3) is 0.263. The largest absolute Gasteiger partial charge is 0.301 e. The Balaban J connectivity index is 1.94. The van der Waals surface area contributed by atoms with Crippen LogP contribution in [0.15, 0.2) is 36.5 Å². The fourth-order valence-corrected chi connectivity index (χ4v) is 4.07. The number of halogens is 1. The van der Waals surface area contributed by atoms with Crippen molar-refractivity contribution in [3.63, 3.8) is 0 Å². The van der Waals surface area contributed by atoms with Crippen LogP contribution in [-0.4, -0.2) is 35.2 Å². The van der Waals surface area contributed by atoms with E-state index in [-0.39, 0.29) is 6.54 Å². The first kappa shape index (κ1) is 21.1.